The average molecular weight is 369 g/mol. The van der Waals surface area contributed by atoms with Crippen molar-refractivity contribution in [3.8, 4) is 17.3 Å². The molecule has 27 heavy (non-hydrogen) atoms. The molecular weight excluding hydrogens is 346 g/mol. The first-order valence-corrected chi connectivity index (χ1v) is 8.86. The third kappa shape index (κ3) is 4.72. The number of aryl methyl sites for hydroxylation is 3. The minimum Gasteiger partial charge on any atom is -0.497 e. The summed E-state index contributed by atoms with van der Waals surface area (Å²) in [7, 11) is 1.62. The maximum Gasteiger partial charge on any atom is 0.265 e. The lowest BCUT2D eigenvalue weighted by atomic mass is 10.2. The van der Waals surface area contributed by atoms with Gasteiger partial charge in [-0.2, -0.15) is 5.10 Å². The highest BCUT2D eigenvalue weighted by Crippen LogP contribution is 2.19. The Kier molecular flexibility index (Phi) is 5.85. The van der Waals surface area contributed by atoms with Gasteiger partial charge in [-0.1, -0.05) is 12.1 Å². The molecule has 0 fully saturated rings. The minimum atomic E-state index is -0.0694. The first-order chi connectivity index (χ1) is 13.1. The standard InChI is InChI=1S/C19H23N5O3/c1-4-24-16(11-13(2)23-24)19-22-21-18(27-19)10-9-17(25)20-12-14-5-7-15(26-3)8-6-14/h5-8,11H,4,9-10,12H2,1-3H3,(H,20,25). The molecule has 0 atom stereocenters. The van der Waals surface area contributed by atoms with E-state index >= 15 is 0 Å². The van der Waals surface area contributed by atoms with E-state index < -0.39 is 0 Å². The van der Waals surface area contributed by atoms with E-state index in [1.807, 2.05) is 48.9 Å². The van der Waals surface area contributed by atoms with Gasteiger partial charge >= 0.3 is 0 Å². The van der Waals surface area contributed by atoms with Crippen LogP contribution in [-0.2, 0) is 24.3 Å². The van der Waals surface area contributed by atoms with Crippen LogP contribution in [0.5, 0.6) is 5.75 Å². The molecule has 3 aromatic rings. The molecule has 0 bridgehead atoms. The van der Waals surface area contributed by atoms with Gasteiger partial charge in [0.05, 0.1) is 12.8 Å². The number of amides is 1. The minimum absolute atomic E-state index is 0.0694. The molecule has 1 amide bonds. The first kappa shape index (κ1) is 18.6. The Morgan fingerprint density at radius 2 is 2.04 bits per heavy atom. The van der Waals surface area contributed by atoms with Crippen molar-refractivity contribution in [1.82, 2.24) is 25.3 Å². The Morgan fingerprint density at radius 3 is 2.74 bits per heavy atom. The van der Waals surface area contributed by atoms with Crippen LogP contribution in [0.2, 0.25) is 0 Å². The molecule has 0 saturated heterocycles. The monoisotopic (exact) mass is 369 g/mol. The van der Waals surface area contributed by atoms with Crippen molar-refractivity contribution < 1.29 is 13.9 Å². The molecule has 3 rings (SSSR count). The second-order valence-electron chi connectivity index (χ2n) is 6.11. The number of hydrogen-bond donors (Lipinski definition) is 1. The molecule has 142 valence electrons. The second kappa shape index (κ2) is 8.48. The van der Waals surface area contributed by atoms with Crippen molar-refractivity contribution in [3.63, 3.8) is 0 Å². The maximum atomic E-state index is 12.1. The molecule has 1 aromatic carbocycles. The van der Waals surface area contributed by atoms with Gasteiger partial charge in [0, 0.05) is 25.9 Å². The van der Waals surface area contributed by atoms with Gasteiger partial charge in [-0.3, -0.25) is 9.48 Å². The van der Waals surface area contributed by atoms with E-state index in [-0.39, 0.29) is 12.3 Å². The van der Waals surface area contributed by atoms with Gasteiger partial charge < -0.3 is 14.5 Å². The lowest BCUT2D eigenvalue weighted by Gasteiger charge is -2.05. The molecular formula is C19H23N5O3. The zero-order valence-electron chi connectivity index (χ0n) is 15.7. The molecule has 8 heteroatoms. The largest absolute Gasteiger partial charge is 0.497 e. The van der Waals surface area contributed by atoms with Crippen LogP contribution in [-0.4, -0.2) is 33.0 Å². The first-order valence-electron chi connectivity index (χ1n) is 8.86. The molecule has 0 aliphatic heterocycles. The second-order valence-corrected chi connectivity index (χ2v) is 6.11. The van der Waals surface area contributed by atoms with Crippen LogP contribution in [0.1, 0.15) is 30.5 Å². The number of carbonyl (C=O) groups excluding carboxylic acids is 1. The number of nitrogens with one attached hydrogen (secondary N) is 1. The summed E-state index contributed by atoms with van der Waals surface area (Å²) in [6.45, 7) is 5.10. The Bertz CT molecular complexity index is 898. The van der Waals surface area contributed by atoms with E-state index in [2.05, 4.69) is 20.6 Å². The molecule has 2 heterocycles. The summed E-state index contributed by atoms with van der Waals surface area (Å²) in [5, 5.41) is 15.4. The molecule has 0 aliphatic rings. The van der Waals surface area contributed by atoms with E-state index in [1.165, 1.54) is 0 Å². The van der Waals surface area contributed by atoms with Crippen molar-refractivity contribution in [2.75, 3.05) is 7.11 Å². The number of benzene rings is 1. The quantitative estimate of drug-likeness (QED) is 0.655. The molecule has 0 radical (unpaired) electrons. The number of ether oxygens (including phenoxy) is 1. The highest BCUT2D eigenvalue weighted by atomic mass is 16.5. The molecule has 0 spiro atoms. The lowest BCUT2D eigenvalue weighted by molar-refractivity contribution is -0.121. The van der Waals surface area contributed by atoms with Crippen molar-refractivity contribution in [1.29, 1.82) is 0 Å². The third-order valence-corrected chi connectivity index (χ3v) is 4.10. The predicted molar refractivity (Wildman–Crippen MR) is 99.1 cm³/mol. The number of rotatable bonds is 8. The SMILES string of the molecule is CCn1nc(C)cc1-c1nnc(CCC(=O)NCc2ccc(OC)cc2)o1. The highest BCUT2D eigenvalue weighted by molar-refractivity contribution is 5.76. The van der Waals surface area contributed by atoms with E-state index in [9.17, 15) is 4.79 Å². The van der Waals surface area contributed by atoms with Crippen LogP contribution in [0.4, 0.5) is 0 Å². The topological polar surface area (TPSA) is 95.1 Å². The van der Waals surface area contributed by atoms with Crippen LogP contribution >= 0.6 is 0 Å². The molecule has 8 nitrogen and oxygen atoms in total. The fraction of sp³-hybridized carbons (Fsp3) is 0.368. The van der Waals surface area contributed by atoms with E-state index in [1.54, 1.807) is 7.11 Å². The van der Waals surface area contributed by atoms with Crippen LogP contribution in [0.3, 0.4) is 0 Å². The third-order valence-electron chi connectivity index (χ3n) is 4.10. The summed E-state index contributed by atoms with van der Waals surface area (Å²) in [5.41, 5.74) is 2.69. The normalized spacial score (nSPS) is 10.8. The Morgan fingerprint density at radius 1 is 1.26 bits per heavy atom. The summed E-state index contributed by atoms with van der Waals surface area (Å²) in [6, 6.07) is 9.47. The molecule has 0 saturated carbocycles. The molecule has 0 unspecified atom stereocenters. The van der Waals surface area contributed by atoms with Gasteiger partial charge in [0.15, 0.2) is 0 Å². The fourth-order valence-electron chi connectivity index (χ4n) is 2.67. The molecule has 0 aliphatic carbocycles. The zero-order valence-corrected chi connectivity index (χ0v) is 15.7. The predicted octanol–water partition coefficient (Wildman–Crippen LogP) is 2.52. The number of aromatic nitrogens is 4. The Balaban J connectivity index is 1.51. The van der Waals surface area contributed by atoms with Gasteiger partial charge in [-0.25, -0.2) is 0 Å². The van der Waals surface area contributed by atoms with E-state index in [0.29, 0.717) is 31.3 Å². The lowest BCUT2D eigenvalue weighted by Crippen LogP contribution is -2.23. The van der Waals surface area contributed by atoms with E-state index in [0.717, 1.165) is 22.7 Å². The van der Waals surface area contributed by atoms with Crippen LogP contribution in [0.15, 0.2) is 34.7 Å². The van der Waals surface area contributed by atoms with Crippen LogP contribution in [0.25, 0.3) is 11.6 Å². The van der Waals surface area contributed by atoms with Crippen LogP contribution in [0, 0.1) is 6.92 Å². The number of carbonyl (C=O) groups is 1. The van der Waals surface area contributed by atoms with Crippen molar-refractivity contribution in [2.45, 2.75) is 39.8 Å². The van der Waals surface area contributed by atoms with Gasteiger partial charge in [0.25, 0.3) is 5.89 Å². The van der Waals surface area contributed by atoms with E-state index in [4.69, 9.17) is 9.15 Å². The number of hydrogen-bond acceptors (Lipinski definition) is 6. The van der Waals surface area contributed by atoms with Gasteiger partial charge in [-0.05, 0) is 37.6 Å². The Hall–Kier alpha value is -3.16. The summed E-state index contributed by atoms with van der Waals surface area (Å²) >= 11 is 0. The highest BCUT2D eigenvalue weighted by Gasteiger charge is 2.15. The van der Waals surface area contributed by atoms with Gasteiger partial charge in [-0.15, -0.1) is 10.2 Å². The molecule has 2 aromatic heterocycles. The molecule has 1 N–H and O–H groups in total. The van der Waals surface area contributed by atoms with Crippen molar-refractivity contribution in [3.05, 3.63) is 47.5 Å². The summed E-state index contributed by atoms with van der Waals surface area (Å²) in [5.74, 6) is 1.58. The van der Waals surface area contributed by atoms with Crippen molar-refractivity contribution in [2.24, 2.45) is 0 Å². The Labute approximate surface area is 157 Å². The van der Waals surface area contributed by atoms with Crippen LogP contribution < -0.4 is 10.1 Å². The number of methoxy groups -OCH3 is 1. The number of nitrogens with zero attached hydrogens (tertiary/aromatic N) is 4. The summed E-state index contributed by atoms with van der Waals surface area (Å²) in [6.07, 6.45) is 0.671. The average Bonchev–Trinajstić information content (AvgIpc) is 3.31. The fourth-order valence-corrected chi connectivity index (χ4v) is 2.67. The summed E-state index contributed by atoms with van der Waals surface area (Å²) < 4.78 is 12.6. The zero-order chi connectivity index (χ0) is 19.2. The van der Waals surface area contributed by atoms with Crippen molar-refractivity contribution >= 4 is 5.91 Å². The van der Waals surface area contributed by atoms with Gasteiger partial charge in [0.2, 0.25) is 11.8 Å². The maximum absolute atomic E-state index is 12.1. The van der Waals surface area contributed by atoms with Gasteiger partial charge in [0.1, 0.15) is 11.4 Å². The summed E-state index contributed by atoms with van der Waals surface area (Å²) in [4.78, 5) is 12.1. The smallest absolute Gasteiger partial charge is 0.265 e.